The van der Waals surface area contributed by atoms with Crippen molar-refractivity contribution in [2.45, 2.75) is 0 Å². The maximum absolute atomic E-state index is 2.38. The van der Waals surface area contributed by atoms with Crippen LogP contribution in [0.2, 0.25) is 0 Å². The van der Waals surface area contributed by atoms with Gasteiger partial charge in [0.15, 0.2) is 0 Å². The largest absolute Gasteiger partial charge is 0.0622 e. The number of hydrogen-bond acceptors (Lipinski definition) is 0. The maximum atomic E-state index is 2.38. The van der Waals surface area contributed by atoms with Crippen LogP contribution in [0.1, 0.15) is 0 Å². The summed E-state index contributed by atoms with van der Waals surface area (Å²) in [4.78, 5) is 0. The molecule has 0 aliphatic heterocycles. The highest BCUT2D eigenvalue weighted by atomic mass is 14.3. The molecule has 0 heteroatoms. The van der Waals surface area contributed by atoms with Crippen molar-refractivity contribution in [1.29, 1.82) is 0 Å². The van der Waals surface area contributed by atoms with Crippen LogP contribution >= 0.6 is 0 Å². The normalized spacial score (nSPS) is 11.8. The summed E-state index contributed by atoms with van der Waals surface area (Å²) < 4.78 is 0. The van der Waals surface area contributed by atoms with E-state index in [1.807, 2.05) is 0 Å². The summed E-state index contributed by atoms with van der Waals surface area (Å²) >= 11 is 0. The van der Waals surface area contributed by atoms with Gasteiger partial charge in [0.05, 0.1) is 0 Å². The van der Waals surface area contributed by atoms with Gasteiger partial charge in [-0.05, 0) is 319 Å². The molecule has 120 heavy (non-hydrogen) atoms. The smallest absolute Gasteiger partial charge is 0.00137 e. The molecular weight excluding hydrogens is 1440 g/mol. The highest BCUT2D eigenvalue weighted by molar-refractivity contribution is 6.26. The Balaban J connectivity index is 0.000000104. The van der Waals surface area contributed by atoms with E-state index >= 15 is 0 Å². The van der Waals surface area contributed by atoms with E-state index in [-0.39, 0.29) is 0 Å². The first-order valence-electron chi connectivity index (χ1n) is 41.7. The second-order valence-electron chi connectivity index (χ2n) is 32.4. The van der Waals surface area contributed by atoms with Crippen LogP contribution in [-0.2, 0) is 0 Å². The third-order valence-corrected chi connectivity index (χ3v) is 25.7. The van der Waals surface area contributed by atoms with Gasteiger partial charge in [0, 0.05) is 0 Å². The lowest BCUT2D eigenvalue weighted by Gasteiger charge is -2.15. The van der Waals surface area contributed by atoms with Crippen molar-refractivity contribution >= 4 is 97.0 Å². The minimum Gasteiger partial charge on any atom is -0.0622 e. The molecule has 0 radical (unpaired) electrons. The first kappa shape index (κ1) is 68.8. The maximum Gasteiger partial charge on any atom is -0.00137 e. The first-order chi connectivity index (χ1) is 59.5. The second kappa shape index (κ2) is 28.1. The first-order valence-corrected chi connectivity index (χ1v) is 41.7. The van der Waals surface area contributed by atoms with Crippen LogP contribution < -0.4 is 0 Å². The SMILES string of the molecule is c1cc(-c2ccc3ccccc3c2)cc(-c2ccc3ccc(-c4ccc5c6c(cccc46)-c4cc6ccccc6cc4-5)cc3c2)c1.c1cc(-c2ccc3ccccc3c2)cc(-c2ccc3ccc(-c4ccc5c6c(cccc46)-c4ccccc4-5)cc3c2)c1.c1ccc(-c2c3c(cc4ccccc24)-c2cccc4c(-c5ccccc5)ccc-3c24)cc1. The lowest BCUT2D eigenvalue weighted by Crippen LogP contribution is -1.88. The molecule has 3 aliphatic carbocycles. The standard InChI is InChI=1S/C46H28.C42H26.C32H20/c1-2-8-31-23-36(18-15-29(31)7-1)32-11-5-12-33(24-32)37-19-16-30-17-20-38(26-39(30)25-37)40-21-22-43-45-28-35-10-4-3-9-34(35)27-44(45)42-14-6-13-41(40)46(42)43;1-2-8-29-23-32(18-15-27(29)7-1)30-9-5-10-31(24-30)33-19-16-28-17-20-34(26-35(28)25-33)36-21-22-41-38-12-4-3-11-37(38)40-14-6-13-39(36)42(40)41;1-3-10-21(11-4-1)24-18-19-28-31-26(24)16-9-17-27(31)29-20-23-14-7-8-15-25(23)30(32(28)29)22-12-5-2-6-13-22/h1-28H;1-26H;1-20H. The average molecular weight is 1520 g/mol. The van der Waals surface area contributed by atoms with Gasteiger partial charge in [-0.25, -0.2) is 0 Å². The van der Waals surface area contributed by atoms with Crippen molar-refractivity contribution < 1.29 is 0 Å². The minimum absolute atomic E-state index is 1.23. The predicted octanol–water partition coefficient (Wildman–Crippen LogP) is 33.7. The third-order valence-electron chi connectivity index (χ3n) is 25.7. The molecule has 0 spiro atoms. The number of benzene rings is 23. The van der Waals surface area contributed by atoms with E-state index in [0.29, 0.717) is 0 Å². The van der Waals surface area contributed by atoms with E-state index in [9.17, 15) is 0 Å². The van der Waals surface area contributed by atoms with Gasteiger partial charge in [0.2, 0.25) is 0 Å². The highest BCUT2D eigenvalue weighted by Crippen LogP contribution is 2.56. The fourth-order valence-electron chi connectivity index (χ4n) is 20.0. The molecule has 0 bridgehead atoms. The van der Waals surface area contributed by atoms with Crippen LogP contribution in [-0.4, -0.2) is 0 Å². The predicted molar refractivity (Wildman–Crippen MR) is 514 cm³/mol. The molecule has 554 valence electrons. The summed E-state index contributed by atoms with van der Waals surface area (Å²) in [5.41, 5.74) is 36.2. The topological polar surface area (TPSA) is 0 Å². The summed E-state index contributed by atoms with van der Waals surface area (Å²) in [5, 5.41) is 23.3. The van der Waals surface area contributed by atoms with Crippen molar-refractivity contribution in [3.05, 3.63) is 449 Å². The monoisotopic (exact) mass is 1510 g/mol. The van der Waals surface area contributed by atoms with Gasteiger partial charge in [0.1, 0.15) is 0 Å². The summed E-state index contributed by atoms with van der Waals surface area (Å²) in [6.07, 6.45) is 0. The molecule has 0 unspecified atom stereocenters. The molecule has 3 aliphatic rings. The van der Waals surface area contributed by atoms with Gasteiger partial charge in [-0.2, -0.15) is 0 Å². The molecule has 0 N–H and O–H groups in total. The van der Waals surface area contributed by atoms with Crippen LogP contribution in [0.5, 0.6) is 0 Å². The Hall–Kier alpha value is -15.6. The van der Waals surface area contributed by atoms with E-state index in [1.54, 1.807) is 0 Å². The van der Waals surface area contributed by atoms with Crippen molar-refractivity contribution in [1.82, 2.24) is 0 Å². The van der Waals surface area contributed by atoms with Gasteiger partial charge in [-0.15, -0.1) is 0 Å². The zero-order valence-corrected chi connectivity index (χ0v) is 65.7. The summed E-state index contributed by atoms with van der Waals surface area (Å²) in [7, 11) is 0. The van der Waals surface area contributed by atoms with Gasteiger partial charge in [-0.3, -0.25) is 0 Å². The van der Waals surface area contributed by atoms with Crippen LogP contribution in [0.15, 0.2) is 449 Å². The molecule has 0 heterocycles. The van der Waals surface area contributed by atoms with E-state index in [2.05, 4.69) is 449 Å². The molecule has 0 saturated heterocycles. The van der Waals surface area contributed by atoms with Crippen molar-refractivity contribution in [2.24, 2.45) is 0 Å². The molecule has 0 fully saturated rings. The third kappa shape index (κ3) is 11.5. The molecule has 26 rings (SSSR count). The van der Waals surface area contributed by atoms with Crippen LogP contribution in [0.4, 0.5) is 0 Å². The number of rotatable bonds is 8. The minimum atomic E-state index is 1.23. The highest BCUT2D eigenvalue weighted by Gasteiger charge is 2.29. The lowest BCUT2D eigenvalue weighted by atomic mass is 9.88. The molecule has 0 atom stereocenters. The second-order valence-corrected chi connectivity index (χ2v) is 32.4. The zero-order valence-electron chi connectivity index (χ0n) is 65.7. The van der Waals surface area contributed by atoms with Gasteiger partial charge in [0.25, 0.3) is 0 Å². The van der Waals surface area contributed by atoms with Crippen molar-refractivity contribution in [3.63, 3.8) is 0 Å². The van der Waals surface area contributed by atoms with E-state index < -0.39 is 0 Å². The Bertz CT molecular complexity index is 8120. The molecule has 0 saturated carbocycles. The molecule has 0 amide bonds. The Morgan fingerprint density at radius 2 is 0.358 bits per heavy atom. The molecule has 0 nitrogen and oxygen atoms in total. The van der Waals surface area contributed by atoms with Crippen LogP contribution in [0, 0.1) is 0 Å². The average Bonchev–Trinajstić information content (AvgIpc) is 1.55. The Labute approximate surface area is 696 Å². The number of hydrogen-bond donors (Lipinski definition) is 0. The van der Waals surface area contributed by atoms with E-state index in [0.717, 1.165) is 0 Å². The van der Waals surface area contributed by atoms with Gasteiger partial charge in [-0.1, -0.05) is 382 Å². The summed E-state index contributed by atoms with van der Waals surface area (Å²) in [5.74, 6) is 0. The molecule has 23 aromatic carbocycles. The van der Waals surface area contributed by atoms with Gasteiger partial charge < -0.3 is 0 Å². The zero-order chi connectivity index (χ0) is 78.9. The molecule has 23 aromatic rings. The van der Waals surface area contributed by atoms with E-state index in [4.69, 9.17) is 0 Å². The van der Waals surface area contributed by atoms with Crippen LogP contribution in [0.25, 0.3) is 253 Å². The van der Waals surface area contributed by atoms with E-state index in [1.165, 1.54) is 253 Å². The Morgan fingerprint density at radius 3 is 0.833 bits per heavy atom. The Kier molecular flexibility index (Phi) is 16.1. The van der Waals surface area contributed by atoms with Crippen molar-refractivity contribution in [2.75, 3.05) is 0 Å². The van der Waals surface area contributed by atoms with Gasteiger partial charge >= 0.3 is 0 Å². The lowest BCUT2D eigenvalue weighted by molar-refractivity contribution is 1.61. The summed E-state index contributed by atoms with van der Waals surface area (Å²) in [6, 6.07) is 165. The molecular formula is C120H74. The van der Waals surface area contributed by atoms with Crippen molar-refractivity contribution in [3.8, 4) is 156 Å². The summed E-state index contributed by atoms with van der Waals surface area (Å²) in [6.45, 7) is 0. The number of fused-ring (bicyclic) bond motifs is 15. The quantitative estimate of drug-likeness (QED) is 0.142. The van der Waals surface area contributed by atoms with Crippen LogP contribution in [0.3, 0.4) is 0 Å². The fraction of sp³-hybridized carbons (Fsp3) is 0. The molecule has 0 aromatic heterocycles. The Morgan fingerprint density at radius 1 is 0.0917 bits per heavy atom. The fourth-order valence-corrected chi connectivity index (χ4v) is 20.0.